The second-order valence-electron chi connectivity index (χ2n) is 4.39. The molecule has 1 aromatic rings. The molecule has 1 rings (SSSR count). The van der Waals surface area contributed by atoms with E-state index >= 15 is 0 Å². The topological polar surface area (TPSA) is 53.7 Å². The molecule has 1 unspecified atom stereocenters. The summed E-state index contributed by atoms with van der Waals surface area (Å²) >= 11 is 3.46. The van der Waals surface area contributed by atoms with Gasteiger partial charge in [-0.15, -0.1) is 0 Å². The summed E-state index contributed by atoms with van der Waals surface area (Å²) in [7, 11) is 1.65. The number of nitrogens with two attached hydrogens (primary N) is 1. The fourth-order valence-electron chi connectivity index (χ4n) is 1.65. The molecule has 0 spiro atoms. The fraction of sp³-hybridized carbons (Fsp3) is 0.571. The van der Waals surface area contributed by atoms with Crippen LogP contribution in [0.25, 0.3) is 0 Å². The number of rotatable bonds is 9. The molecule has 108 valence electrons. The fourth-order valence-corrected chi connectivity index (χ4v) is 2.06. The second-order valence-corrected chi connectivity index (χ2v) is 5.30. The van der Waals surface area contributed by atoms with Crippen molar-refractivity contribution >= 4 is 15.9 Å². The predicted molar refractivity (Wildman–Crippen MR) is 79.7 cm³/mol. The summed E-state index contributed by atoms with van der Waals surface area (Å²) in [5.41, 5.74) is 6.96. The summed E-state index contributed by atoms with van der Waals surface area (Å²) in [6.45, 7) is 4.26. The normalized spacial score (nSPS) is 12.4. The van der Waals surface area contributed by atoms with Crippen molar-refractivity contribution in [2.45, 2.75) is 19.4 Å². The smallest absolute Gasteiger partial charge is 0.122 e. The molecule has 0 aliphatic heterocycles. The van der Waals surface area contributed by atoms with Gasteiger partial charge in [0.15, 0.2) is 0 Å². The Morgan fingerprint density at radius 2 is 1.95 bits per heavy atom. The summed E-state index contributed by atoms with van der Waals surface area (Å²) in [6, 6.07) is 6.07. The summed E-state index contributed by atoms with van der Waals surface area (Å²) in [4.78, 5) is 0. The highest BCUT2D eigenvalue weighted by Gasteiger charge is 2.07. The molecule has 5 heteroatoms. The van der Waals surface area contributed by atoms with Crippen molar-refractivity contribution in [1.82, 2.24) is 0 Å². The predicted octanol–water partition coefficient (Wildman–Crippen LogP) is 2.38. The summed E-state index contributed by atoms with van der Waals surface area (Å²) in [5.74, 6) is 0.871. The van der Waals surface area contributed by atoms with Gasteiger partial charge in [-0.25, -0.2) is 0 Å². The average Bonchev–Trinajstić information content (AvgIpc) is 2.35. The van der Waals surface area contributed by atoms with Crippen LogP contribution in [0.5, 0.6) is 5.75 Å². The molecular formula is C14H22BrNO3. The molecule has 0 aromatic heterocycles. The lowest BCUT2D eigenvalue weighted by atomic mass is 10.1. The Kier molecular flexibility index (Phi) is 8.05. The Morgan fingerprint density at radius 3 is 2.63 bits per heavy atom. The third-order valence-electron chi connectivity index (χ3n) is 2.48. The largest absolute Gasteiger partial charge is 0.491 e. The summed E-state index contributed by atoms with van der Waals surface area (Å²) in [6.07, 6.45) is 0.791. The van der Waals surface area contributed by atoms with Crippen molar-refractivity contribution in [1.29, 1.82) is 0 Å². The number of hydrogen-bond donors (Lipinski definition) is 1. The Morgan fingerprint density at radius 1 is 1.21 bits per heavy atom. The first-order chi connectivity index (χ1) is 9.13. The van der Waals surface area contributed by atoms with Gasteiger partial charge in [0.25, 0.3) is 0 Å². The van der Waals surface area contributed by atoms with Gasteiger partial charge in [-0.2, -0.15) is 0 Å². The minimum atomic E-state index is 0.106. The number of benzene rings is 1. The summed E-state index contributed by atoms with van der Waals surface area (Å²) in [5, 5.41) is 0. The molecule has 4 nitrogen and oxygen atoms in total. The van der Waals surface area contributed by atoms with Crippen molar-refractivity contribution in [3.8, 4) is 5.75 Å². The van der Waals surface area contributed by atoms with Crippen molar-refractivity contribution in [3.63, 3.8) is 0 Å². The maximum Gasteiger partial charge on any atom is 0.122 e. The van der Waals surface area contributed by atoms with Gasteiger partial charge in [0.1, 0.15) is 12.4 Å². The van der Waals surface area contributed by atoms with E-state index in [9.17, 15) is 0 Å². The molecule has 1 atom stereocenters. The zero-order valence-electron chi connectivity index (χ0n) is 11.5. The van der Waals surface area contributed by atoms with Crippen molar-refractivity contribution in [3.05, 3.63) is 28.2 Å². The maximum absolute atomic E-state index is 5.84. The SMILES string of the molecule is COCCOCCOc1ccc(Br)cc1CC(C)N. The first kappa shape index (κ1) is 16.4. The van der Waals surface area contributed by atoms with Gasteiger partial charge in [-0.3, -0.25) is 0 Å². The molecule has 19 heavy (non-hydrogen) atoms. The Labute approximate surface area is 123 Å². The van der Waals surface area contributed by atoms with E-state index < -0.39 is 0 Å². The highest BCUT2D eigenvalue weighted by molar-refractivity contribution is 9.10. The molecule has 0 amide bonds. The molecule has 0 saturated heterocycles. The van der Waals surface area contributed by atoms with E-state index in [-0.39, 0.29) is 6.04 Å². The van der Waals surface area contributed by atoms with Crippen molar-refractivity contribution < 1.29 is 14.2 Å². The first-order valence-corrected chi connectivity index (χ1v) is 7.16. The van der Waals surface area contributed by atoms with Crippen molar-refractivity contribution in [2.75, 3.05) is 33.5 Å². The van der Waals surface area contributed by atoms with Gasteiger partial charge in [-0.1, -0.05) is 15.9 Å². The van der Waals surface area contributed by atoms with E-state index in [1.54, 1.807) is 7.11 Å². The van der Waals surface area contributed by atoms with Crippen LogP contribution in [0.4, 0.5) is 0 Å². The minimum Gasteiger partial charge on any atom is -0.491 e. The first-order valence-electron chi connectivity index (χ1n) is 6.37. The molecule has 0 bridgehead atoms. The number of methoxy groups -OCH3 is 1. The van der Waals surface area contributed by atoms with Crippen LogP contribution in [0.15, 0.2) is 22.7 Å². The van der Waals surface area contributed by atoms with Crippen LogP contribution >= 0.6 is 15.9 Å². The van der Waals surface area contributed by atoms with Crippen LogP contribution < -0.4 is 10.5 Å². The van der Waals surface area contributed by atoms with Crippen LogP contribution in [0.2, 0.25) is 0 Å². The zero-order chi connectivity index (χ0) is 14.1. The molecule has 2 N–H and O–H groups in total. The monoisotopic (exact) mass is 331 g/mol. The van der Waals surface area contributed by atoms with Gasteiger partial charge < -0.3 is 19.9 Å². The molecule has 0 fully saturated rings. The Hall–Kier alpha value is -0.620. The van der Waals surface area contributed by atoms with Crippen LogP contribution in [0, 0.1) is 0 Å². The van der Waals surface area contributed by atoms with E-state index in [1.807, 2.05) is 25.1 Å². The lowest BCUT2D eigenvalue weighted by molar-refractivity contribution is 0.0542. The molecule has 0 aliphatic carbocycles. The van der Waals surface area contributed by atoms with Gasteiger partial charge in [-0.05, 0) is 37.1 Å². The van der Waals surface area contributed by atoms with Crippen LogP contribution in [0.3, 0.4) is 0 Å². The van der Waals surface area contributed by atoms with E-state index in [1.165, 1.54) is 0 Å². The van der Waals surface area contributed by atoms with Gasteiger partial charge in [0.2, 0.25) is 0 Å². The van der Waals surface area contributed by atoms with Gasteiger partial charge in [0.05, 0.1) is 19.8 Å². The van der Waals surface area contributed by atoms with Gasteiger partial charge in [0, 0.05) is 17.6 Å². The molecule has 1 aromatic carbocycles. The summed E-state index contributed by atoms with van der Waals surface area (Å²) < 4.78 is 17.0. The highest BCUT2D eigenvalue weighted by Crippen LogP contribution is 2.24. The molecule has 0 heterocycles. The van der Waals surface area contributed by atoms with E-state index in [0.29, 0.717) is 26.4 Å². The van der Waals surface area contributed by atoms with Crippen LogP contribution in [0.1, 0.15) is 12.5 Å². The average molecular weight is 332 g/mol. The lowest BCUT2D eigenvalue weighted by Gasteiger charge is -2.13. The van der Waals surface area contributed by atoms with E-state index in [0.717, 1.165) is 22.2 Å². The number of ether oxygens (including phenoxy) is 3. The third kappa shape index (κ3) is 6.92. The van der Waals surface area contributed by atoms with Crippen LogP contribution in [-0.4, -0.2) is 39.6 Å². The van der Waals surface area contributed by atoms with Crippen molar-refractivity contribution in [2.24, 2.45) is 5.73 Å². The minimum absolute atomic E-state index is 0.106. The van der Waals surface area contributed by atoms with E-state index in [2.05, 4.69) is 15.9 Å². The Bertz CT molecular complexity index is 372. The standard InChI is InChI=1S/C14H22BrNO3/c1-11(16)9-12-10-13(15)3-4-14(12)19-8-7-18-6-5-17-2/h3-4,10-11H,5-9,16H2,1-2H3. The second kappa shape index (κ2) is 9.31. The van der Waals surface area contributed by atoms with Crippen LogP contribution in [-0.2, 0) is 15.9 Å². The third-order valence-corrected chi connectivity index (χ3v) is 2.97. The molecule has 0 radical (unpaired) electrons. The molecule has 0 saturated carbocycles. The van der Waals surface area contributed by atoms with E-state index in [4.69, 9.17) is 19.9 Å². The number of hydrogen-bond acceptors (Lipinski definition) is 4. The molecule has 0 aliphatic rings. The molecular weight excluding hydrogens is 310 g/mol. The Balaban J connectivity index is 2.43. The quantitative estimate of drug-likeness (QED) is 0.706. The number of halogens is 1. The lowest BCUT2D eigenvalue weighted by Crippen LogP contribution is -2.18. The highest BCUT2D eigenvalue weighted by atomic mass is 79.9. The maximum atomic E-state index is 5.84. The van der Waals surface area contributed by atoms with Gasteiger partial charge >= 0.3 is 0 Å². The zero-order valence-corrected chi connectivity index (χ0v) is 13.1.